The number of ether oxygens (including phenoxy) is 1. The number of fused-ring (bicyclic) bond motifs is 1. The van der Waals surface area contributed by atoms with Crippen LogP contribution in [0.2, 0.25) is 5.02 Å². The summed E-state index contributed by atoms with van der Waals surface area (Å²) in [6.07, 6.45) is 1.62. The second-order valence-corrected chi connectivity index (χ2v) is 4.36. The number of pyridine rings is 1. The van der Waals surface area contributed by atoms with E-state index in [1.807, 2.05) is 0 Å². The smallest absolute Gasteiger partial charge is 0.332 e. The molecule has 1 N–H and O–H groups in total. The number of rotatable bonds is 2. The molecule has 1 aromatic carbocycles. The maximum Gasteiger partial charge on any atom is 0.332 e. The van der Waals surface area contributed by atoms with Crippen molar-refractivity contribution in [3.63, 3.8) is 0 Å². The summed E-state index contributed by atoms with van der Waals surface area (Å²) in [6, 6.07) is 8.71. The Hall–Kier alpha value is -2.27. The third-order valence-corrected chi connectivity index (χ3v) is 3.17. The molecular formula is C13H10ClN3O2. The molecule has 6 heteroatoms. The Morgan fingerprint density at radius 2 is 2.21 bits per heavy atom. The summed E-state index contributed by atoms with van der Waals surface area (Å²) < 4.78 is 6.64. The molecule has 0 atom stereocenters. The molecule has 96 valence electrons. The fourth-order valence-electron chi connectivity index (χ4n) is 1.97. The molecule has 0 unspecified atom stereocenters. The van der Waals surface area contributed by atoms with Gasteiger partial charge in [0.25, 0.3) is 0 Å². The van der Waals surface area contributed by atoms with Crippen LogP contribution in [-0.4, -0.2) is 21.6 Å². The van der Waals surface area contributed by atoms with E-state index in [0.29, 0.717) is 27.6 Å². The molecule has 5 nitrogen and oxygen atoms in total. The number of aromatic amines is 1. The summed E-state index contributed by atoms with van der Waals surface area (Å²) in [5, 5.41) is 0.465. The summed E-state index contributed by atoms with van der Waals surface area (Å²) >= 11 is 6.17. The van der Waals surface area contributed by atoms with Gasteiger partial charge in [0, 0.05) is 12.3 Å². The predicted octanol–water partition coefficient (Wildman–Crippen LogP) is 2.38. The SMILES string of the molecule is COc1ccc(Cl)c(-n2c(=O)[nH]c3ncccc32)c1. The molecule has 0 saturated heterocycles. The predicted molar refractivity (Wildman–Crippen MR) is 73.3 cm³/mol. The molecule has 3 aromatic rings. The van der Waals surface area contributed by atoms with Crippen LogP contribution in [0.3, 0.4) is 0 Å². The van der Waals surface area contributed by atoms with Crippen molar-refractivity contribution in [3.05, 3.63) is 52.0 Å². The first kappa shape index (κ1) is 11.8. The van der Waals surface area contributed by atoms with E-state index in [2.05, 4.69) is 9.97 Å². The lowest BCUT2D eigenvalue weighted by Gasteiger charge is -2.08. The van der Waals surface area contributed by atoms with Gasteiger partial charge in [-0.1, -0.05) is 11.6 Å². The molecule has 0 radical (unpaired) electrons. The van der Waals surface area contributed by atoms with Crippen LogP contribution in [0.15, 0.2) is 41.3 Å². The Bertz CT molecular complexity index is 807. The number of aromatic nitrogens is 3. The highest BCUT2D eigenvalue weighted by atomic mass is 35.5. The summed E-state index contributed by atoms with van der Waals surface area (Å²) in [7, 11) is 1.56. The summed E-state index contributed by atoms with van der Waals surface area (Å²) in [4.78, 5) is 18.9. The highest BCUT2D eigenvalue weighted by Crippen LogP contribution is 2.26. The molecule has 0 aliphatic heterocycles. The third-order valence-electron chi connectivity index (χ3n) is 2.85. The number of nitrogens with zero attached hydrogens (tertiary/aromatic N) is 2. The Labute approximate surface area is 113 Å². The first-order valence-electron chi connectivity index (χ1n) is 5.60. The van der Waals surface area contributed by atoms with Gasteiger partial charge in [0.2, 0.25) is 0 Å². The molecule has 3 rings (SSSR count). The van der Waals surface area contributed by atoms with E-state index in [1.165, 1.54) is 4.57 Å². The van der Waals surface area contributed by atoms with Gasteiger partial charge < -0.3 is 4.74 Å². The zero-order chi connectivity index (χ0) is 13.4. The van der Waals surface area contributed by atoms with Crippen LogP contribution in [0.1, 0.15) is 0 Å². The normalized spacial score (nSPS) is 10.8. The van der Waals surface area contributed by atoms with Crippen molar-refractivity contribution in [1.29, 1.82) is 0 Å². The minimum absolute atomic E-state index is 0.288. The second kappa shape index (κ2) is 4.44. The Morgan fingerprint density at radius 1 is 1.37 bits per heavy atom. The summed E-state index contributed by atoms with van der Waals surface area (Å²) in [5.41, 5.74) is 1.46. The topological polar surface area (TPSA) is 59.9 Å². The van der Waals surface area contributed by atoms with Crippen molar-refractivity contribution in [2.24, 2.45) is 0 Å². The maximum absolute atomic E-state index is 12.1. The first-order chi connectivity index (χ1) is 9.20. The molecule has 0 aliphatic carbocycles. The van der Waals surface area contributed by atoms with Crippen LogP contribution in [0.5, 0.6) is 5.75 Å². The molecular weight excluding hydrogens is 266 g/mol. The molecule has 0 spiro atoms. The van der Waals surface area contributed by atoms with Gasteiger partial charge in [-0.3, -0.25) is 9.55 Å². The molecule has 2 aromatic heterocycles. The lowest BCUT2D eigenvalue weighted by atomic mass is 10.3. The van der Waals surface area contributed by atoms with Crippen LogP contribution in [0.25, 0.3) is 16.9 Å². The number of benzene rings is 1. The van der Waals surface area contributed by atoms with E-state index in [4.69, 9.17) is 16.3 Å². The minimum atomic E-state index is -0.288. The van der Waals surface area contributed by atoms with Gasteiger partial charge in [-0.15, -0.1) is 0 Å². The number of hydrogen-bond donors (Lipinski definition) is 1. The van der Waals surface area contributed by atoms with E-state index in [9.17, 15) is 4.79 Å². The zero-order valence-electron chi connectivity index (χ0n) is 10.1. The number of hydrogen-bond acceptors (Lipinski definition) is 3. The monoisotopic (exact) mass is 275 g/mol. The fourth-order valence-corrected chi connectivity index (χ4v) is 2.17. The first-order valence-corrected chi connectivity index (χ1v) is 5.98. The van der Waals surface area contributed by atoms with Crippen LogP contribution in [0.4, 0.5) is 0 Å². The van der Waals surface area contributed by atoms with Crippen molar-refractivity contribution in [3.8, 4) is 11.4 Å². The van der Waals surface area contributed by atoms with Gasteiger partial charge in [-0.2, -0.15) is 0 Å². The average molecular weight is 276 g/mol. The van der Waals surface area contributed by atoms with Crippen LogP contribution < -0.4 is 10.4 Å². The van der Waals surface area contributed by atoms with Crippen molar-refractivity contribution >= 4 is 22.8 Å². The molecule has 0 aliphatic rings. The minimum Gasteiger partial charge on any atom is -0.497 e. The van der Waals surface area contributed by atoms with Crippen LogP contribution in [-0.2, 0) is 0 Å². The van der Waals surface area contributed by atoms with Gasteiger partial charge in [-0.25, -0.2) is 9.78 Å². The fraction of sp³-hybridized carbons (Fsp3) is 0.0769. The second-order valence-electron chi connectivity index (χ2n) is 3.95. The van der Waals surface area contributed by atoms with Gasteiger partial charge in [0.15, 0.2) is 5.65 Å². The third kappa shape index (κ3) is 1.88. The standard InChI is InChI=1S/C13H10ClN3O2/c1-19-8-4-5-9(14)11(7-8)17-10-3-2-6-15-12(10)16-13(17)18/h2-7H,1H3,(H,15,16,18). The number of methoxy groups -OCH3 is 1. The van der Waals surface area contributed by atoms with E-state index in [0.717, 1.165) is 0 Å². The number of nitrogens with one attached hydrogen (secondary N) is 1. The number of H-pyrrole nitrogens is 1. The molecule has 0 saturated carbocycles. The van der Waals surface area contributed by atoms with Gasteiger partial charge in [-0.05, 0) is 24.3 Å². The Morgan fingerprint density at radius 3 is 3.00 bits per heavy atom. The van der Waals surface area contributed by atoms with Crippen molar-refractivity contribution < 1.29 is 4.74 Å². The quantitative estimate of drug-likeness (QED) is 0.781. The highest BCUT2D eigenvalue weighted by molar-refractivity contribution is 6.32. The highest BCUT2D eigenvalue weighted by Gasteiger charge is 2.12. The summed E-state index contributed by atoms with van der Waals surface area (Å²) in [5.74, 6) is 0.629. The number of halogens is 1. The molecule has 2 heterocycles. The lowest BCUT2D eigenvalue weighted by molar-refractivity contribution is 0.414. The molecule has 19 heavy (non-hydrogen) atoms. The zero-order valence-corrected chi connectivity index (χ0v) is 10.8. The van der Waals surface area contributed by atoms with Crippen LogP contribution >= 0.6 is 11.6 Å². The van der Waals surface area contributed by atoms with E-state index in [-0.39, 0.29) is 5.69 Å². The summed E-state index contributed by atoms with van der Waals surface area (Å²) in [6.45, 7) is 0. The number of imidazole rings is 1. The maximum atomic E-state index is 12.1. The lowest BCUT2D eigenvalue weighted by Crippen LogP contribution is -2.15. The van der Waals surface area contributed by atoms with Crippen LogP contribution in [0, 0.1) is 0 Å². The van der Waals surface area contributed by atoms with Crippen molar-refractivity contribution in [2.45, 2.75) is 0 Å². The molecule has 0 fully saturated rings. The van der Waals surface area contributed by atoms with E-state index >= 15 is 0 Å². The van der Waals surface area contributed by atoms with Gasteiger partial charge >= 0.3 is 5.69 Å². The van der Waals surface area contributed by atoms with Gasteiger partial charge in [0.1, 0.15) is 5.75 Å². The van der Waals surface area contributed by atoms with Crippen molar-refractivity contribution in [1.82, 2.24) is 14.5 Å². The molecule has 0 amide bonds. The largest absolute Gasteiger partial charge is 0.497 e. The Balaban J connectivity index is 2.36. The Kier molecular flexibility index (Phi) is 2.76. The molecule has 0 bridgehead atoms. The van der Waals surface area contributed by atoms with E-state index < -0.39 is 0 Å². The van der Waals surface area contributed by atoms with Gasteiger partial charge in [0.05, 0.1) is 23.3 Å². The van der Waals surface area contributed by atoms with Crippen molar-refractivity contribution in [2.75, 3.05) is 7.11 Å². The van der Waals surface area contributed by atoms with E-state index in [1.54, 1.807) is 43.6 Å². The average Bonchev–Trinajstić information content (AvgIpc) is 2.75.